The van der Waals surface area contributed by atoms with Crippen molar-refractivity contribution in [2.45, 2.75) is 13.3 Å². The zero-order valence-electron chi connectivity index (χ0n) is 17.9. The van der Waals surface area contributed by atoms with E-state index < -0.39 is 22.9 Å². The molecule has 0 fully saturated rings. The van der Waals surface area contributed by atoms with E-state index in [-0.39, 0.29) is 34.4 Å². The van der Waals surface area contributed by atoms with Crippen LogP contribution in [0.15, 0.2) is 29.2 Å². The van der Waals surface area contributed by atoms with E-state index in [1.54, 1.807) is 17.1 Å². The lowest BCUT2D eigenvalue weighted by molar-refractivity contribution is 0.0625. The largest absolute Gasteiger partial charge is 0.502 e. The quantitative estimate of drug-likeness (QED) is 0.539. The third-order valence-corrected chi connectivity index (χ3v) is 6.54. The molecule has 3 aromatic rings. The van der Waals surface area contributed by atoms with Crippen LogP contribution in [0.3, 0.4) is 0 Å². The number of fused-ring (bicyclic) bond motifs is 1. The first-order valence-corrected chi connectivity index (χ1v) is 11.3. The molecule has 0 saturated heterocycles. The van der Waals surface area contributed by atoms with E-state index in [4.69, 9.17) is 16.3 Å². The summed E-state index contributed by atoms with van der Waals surface area (Å²) in [6.07, 6.45) is 1.63. The zero-order chi connectivity index (χ0) is 23.7. The van der Waals surface area contributed by atoms with Crippen molar-refractivity contribution >= 4 is 28.8 Å². The van der Waals surface area contributed by atoms with Crippen LogP contribution < -0.4 is 10.4 Å². The zero-order valence-corrected chi connectivity index (χ0v) is 19.5. The average molecular weight is 494 g/mol. The number of methoxy groups -OCH3 is 1. The van der Waals surface area contributed by atoms with E-state index in [9.17, 15) is 19.1 Å². The second-order valence-corrected chi connectivity index (χ2v) is 8.80. The Morgan fingerprint density at radius 3 is 2.82 bits per heavy atom. The number of pyridine rings is 1. The Balaban J connectivity index is 1.71. The van der Waals surface area contributed by atoms with E-state index in [0.29, 0.717) is 30.3 Å². The van der Waals surface area contributed by atoms with Crippen molar-refractivity contribution in [1.29, 1.82) is 0 Å². The second kappa shape index (κ2) is 9.46. The van der Waals surface area contributed by atoms with Crippen molar-refractivity contribution < 1.29 is 19.0 Å². The van der Waals surface area contributed by atoms with Crippen LogP contribution in [0.5, 0.6) is 5.75 Å². The van der Waals surface area contributed by atoms with Gasteiger partial charge in [-0.2, -0.15) is 0 Å². The molecule has 0 saturated carbocycles. The fourth-order valence-corrected chi connectivity index (χ4v) is 4.61. The number of nitrogens with zero attached hydrogens (tertiary/aromatic N) is 5. The Labute approximate surface area is 197 Å². The van der Waals surface area contributed by atoms with Gasteiger partial charge in [-0.25, -0.2) is 4.39 Å². The minimum atomic E-state index is -0.726. The number of aromatic hydroxyl groups is 1. The number of amides is 1. The number of ether oxygens (including phenoxy) is 1. The predicted molar refractivity (Wildman–Crippen MR) is 122 cm³/mol. The summed E-state index contributed by atoms with van der Waals surface area (Å²) in [6.45, 7) is 3.32. The Bertz CT molecular complexity index is 1260. The van der Waals surface area contributed by atoms with E-state index in [0.717, 1.165) is 11.3 Å². The highest BCUT2D eigenvalue weighted by atomic mass is 35.5. The fraction of sp³-hybridized carbons (Fsp3) is 0.333. The second-order valence-electron chi connectivity index (χ2n) is 7.33. The first kappa shape index (κ1) is 23.1. The van der Waals surface area contributed by atoms with Crippen LogP contribution in [-0.2, 0) is 11.2 Å². The summed E-state index contributed by atoms with van der Waals surface area (Å²) in [5.74, 6) is -1.65. The number of rotatable bonds is 7. The number of aromatic nitrogens is 3. The van der Waals surface area contributed by atoms with Crippen LogP contribution in [0, 0.1) is 5.82 Å². The summed E-state index contributed by atoms with van der Waals surface area (Å²) >= 11 is 6.95. The molecule has 1 aliphatic rings. The van der Waals surface area contributed by atoms with Gasteiger partial charge in [-0.3, -0.25) is 19.3 Å². The van der Waals surface area contributed by atoms with Crippen molar-refractivity contribution in [2.75, 3.05) is 38.5 Å². The first-order valence-electron chi connectivity index (χ1n) is 10.1. The molecule has 4 rings (SSSR count). The van der Waals surface area contributed by atoms with Gasteiger partial charge in [-0.15, -0.1) is 10.2 Å². The van der Waals surface area contributed by atoms with Crippen LogP contribution >= 0.6 is 22.9 Å². The van der Waals surface area contributed by atoms with Gasteiger partial charge < -0.3 is 14.7 Å². The summed E-state index contributed by atoms with van der Waals surface area (Å²) in [5, 5.41) is 21.4. The maximum absolute atomic E-state index is 14.2. The number of hydrogen-bond acceptors (Lipinski definition) is 8. The molecule has 3 heterocycles. The molecule has 2 aromatic heterocycles. The lowest BCUT2D eigenvalue weighted by atomic mass is 10.1. The molecule has 33 heavy (non-hydrogen) atoms. The summed E-state index contributed by atoms with van der Waals surface area (Å²) in [4.78, 5) is 27.4. The van der Waals surface area contributed by atoms with Crippen molar-refractivity contribution in [3.05, 3.63) is 61.7 Å². The Morgan fingerprint density at radius 1 is 1.30 bits per heavy atom. The van der Waals surface area contributed by atoms with Gasteiger partial charge in [0.2, 0.25) is 5.43 Å². The minimum Gasteiger partial charge on any atom is -0.502 e. The van der Waals surface area contributed by atoms with E-state index >= 15 is 0 Å². The van der Waals surface area contributed by atoms with Crippen LogP contribution in [0.25, 0.3) is 10.6 Å². The lowest BCUT2D eigenvalue weighted by Gasteiger charge is -2.39. The molecule has 1 N–H and O–H groups in total. The van der Waals surface area contributed by atoms with Crippen molar-refractivity contribution in [3.63, 3.8) is 0 Å². The van der Waals surface area contributed by atoms with Crippen LogP contribution in [0.2, 0.25) is 5.02 Å². The molecule has 0 unspecified atom stereocenters. The van der Waals surface area contributed by atoms with Gasteiger partial charge in [0.1, 0.15) is 17.5 Å². The smallest absolute Gasteiger partial charge is 0.277 e. The molecule has 12 heteroatoms. The highest BCUT2D eigenvalue weighted by molar-refractivity contribution is 7.14. The van der Waals surface area contributed by atoms with E-state index in [2.05, 4.69) is 10.2 Å². The topological polar surface area (TPSA) is 101 Å². The molecular formula is C21H21ClFN5O4S. The maximum atomic E-state index is 14.2. The van der Waals surface area contributed by atoms with Gasteiger partial charge in [0.05, 0.1) is 17.2 Å². The molecule has 0 atom stereocenters. The van der Waals surface area contributed by atoms with Gasteiger partial charge >= 0.3 is 0 Å². The van der Waals surface area contributed by atoms with Crippen molar-refractivity contribution in [1.82, 2.24) is 19.8 Å². The van der Waals surface area contributed by atoms with E-state index in [1.165, 1.54) is 28.9 Å². The maximum Gasteiger partial charge on any atom is 0.277 e. The molecule has 1 amide bonds. The summed E-state index contributed by atoms with van der Waals surface area (Å²) < 4.78 is 20.8. The highest BCUT2D eigenvalue weighted by Crippen LogP contribution is 2.29. The molecule has 174 valence electrons. The Kier molecular flexibility index (Phi) is 6.63. The van der Waals surface area contributed by atoms with Gasteiger partial charge in [0.15, 0.2) is 16.5 Å². The Morgan fingerprint density at radius 2 is 2.09 bits per heavy atom. The standard InChI is InChI=1S/C21H21ClFN5O4S/c1-3-27-11-26(7-8-32-2)21(31)17-19(30)18(29)13(10-28(17)27)20-25-24-15(33-20)9-12-5-4-6-14(22)16(12)23/h4-6,10,30H,3,7-9,11H2,1-2H3. The number of hydrogen-bond donors (Lipinski definition) is 1. The average Bonchev–Trinajstić information content (AvgIpc) is 3.26. The van der Waals surface area contributed by atoms with Gasteiger partial charge in [-0.05, 0) is 18.6 Å². The molecule has 0 bridgehead atoms. The number of carbonyl (C=O) groups excluding carboxylic acids is 1. The lowest BCUT2D eigenvalue weighted by Crippen LogP contribution is -2.54. The normalized spacial score (nSPS) is 13.5. The van der Waals surface area contributed by atoms with Crippen molar-refractivity contribution in [3.8, 4) is 16.3 Å². The number of carbonyl (C=O) groups is 1. The molecular weight excluding hydrogens is 473 g/mol. The predicted octanol–water partition coefficient (Wildman–Crippen LogP) is 2.47. The Hall–Kier alpha value is -3.02. The van der Waals surface area contributed by atoms with Crippen LogP contribution in [0.4, 0.5) is 4.39 Å². The third-order valence-electron chi connectivity index (χ3n) is 5.29. The molecule has 1 aliphatic heterocycles. The third kappa shape index (κ3) is 4.31. The van der Waals surface area contributed by atoms with E-state index in [1.807, 2.05) is 6.92 Å². The van der Waals surface area contributed by atoms with Gasteiger partial charge in [0, 0.05) is 32.8 Å². The number of halogens is 2. The fourth-order valence-electron chi connectivity index (χ4n) is 3.55. The van der Waals surface area contributed by atoms with Gasteiger partial charge in [0.25, 0.3) is 5.91 Å². The summed E-state index contributed by atoms with van der Waals surface area (Å²) in [7, 11) is 1.53. The molecule has 0 aliphatic carbocycles. The van der Waals surface area contributed by atoms with Crippen LogP contribution in [-0.4, -0.2) is 64.3 Å². The summed E-state index contributed by atoms with van der Waals surface area (Å²) in [5.41, 5.74) is -0.383. The molecule has 0 radical (unpaired) electrons. The molecule has 9 nitrogen and oxygen atoms in total. The number of benzene rings is 1. The SMILES string of the molecule is CCN1CN(CCOC)C(=O)c2c(O)c(=O)c(-c3nnc(Cc4cccc(Cl)c4F)s3)cn21. The first-order chi connectivity index (χ1) is 15.8. The highest BCUT2D eigenvalue weighted by Gasteiger charge is 2.33. The van der Waals surface area contributed by atoms with Crippen molar-refractivity contribution in [2.24, 2.45) is 0 Å². The van der Waals surface area contributed by atoms with Gasteiger partial charge in [-0.1, -0.05) is 35.1 Å². The van der Waals surface area contributed by atoms with Crippen LogP contribution in [0.1, 0.15) is 28.0 Å². The summed E-state index contributed by atoms with van der Waals surface area (Å²) in [6, 6.07) is 4.70. The molecule has 0 spiro atoms. The monoisotopic (exact) mass is 493 g/mol. The molecule has 1 aromatic carbocycles. The minimum absolute atomic E-state index is 0.0129.